The molecule has 0 heterocycles. The first kappa shape index (κ1) is 11.1. The van der Waals surface area contributed by atoms with Crippen molar-refractivity contribution in [1.82, 2.24) is 0 Å². The lowest BCUT2D eigenvalue weighted by Gasteiger charge is -2.07. The number of carboxylic acid groups (broad SMARTS) is 1. The number of nitriles is 1. The number of hydrogen-bond donors (Lipinski definition) is 1. The van der Waals surface area contributed by atoms with Crippen LogP contribution >= 0.6 is 0 Å². The number of carbonyl (C=O) groups is 1. The Bertz CT molecular complexity index is 449. The molecular formula is C10H7F2NO2. The molecule has 0 radical (unpaired) electrons. The summed E-state index contributed by atoms with van der Waals surface area (Å²) in [6.45, 7) is 1.38. The number of aryl methyl sites for hydroxylation is 1. The van der Waals surface area contributed by atoms with Gasteiger partial charge in [-0.3, -0.25) is 0 Å². The fourth-order valence-corrected chi connectivity index (χ4v) is 1.23. The lowest BCUT2D eigenvalue weighted by atomic mass is 10.00. The van der Waals surface area contributed by atoms with E-state index in [1.165, 1.54) is 6.92 Å². The summed E-state index contributed by atoms with van der Waals surface area (Å²) in [4.78, 5) is 10.7. The number of benzene rings is 1. The fraction of sp³-hybridized carbons (Fsp3) is 0.200. The molecule has 5 heteroatoms. The minimum absolute atomic E-state index is 0.168. The molecule has 0 saturated carbocycles. The third-order valence-electron chi connectivity index (χ3n) is 1.99. The van der Waals surface area contributed by atoms with Gasteiger partial charge in [0.05, 0.1) is 11.1 Å². The van der Waals surface area contributed by atoms with Crippen LogP contribution in [0.1, 0.15) is 33.5 Å². The normalized spacial score (nSPS) is 10.1. The summed E-state index contributed by atoms with van der Waals surface area (Å²) in [6, 6.07) is 3.59. The van der Waals surface area contributed by atoms with E-state index in [-0.39, 0.29) is 22.3 Å². The van der Waals surface area contributed by atoms with Crippen molar-refractivity contribution in [2.24, 2.45) is 0 Å². The van der Waals surface area contributed by atoms with Crippen LogP contribution in [0.4, 0.5) is 8.78 Å². The minimum Gasteiger partial charge on any atom is -0.478 e. The molecule has 0 aliphatic heterocycles. The summed E-state index contributed by atoms with van der Waals surface area (Å²) in [5.41, 5.74) is -0.638. The van der Waals surface area contributed by atoms with Gasteiger partial charge in [-0.15, -0.1) is 0 Å². The average molecular weight is 211 g/mol. The molecule has 0 unspecified atom stereocenters. The third-order valence-corrected chi connectivity index (χ3v) is 1.99. The molecule has 0 aromatic heterocycles. The van der Waals surface area contributed by atoms with Crippen molar-refractivity contribution in [3.05, 3.63) is 34.4 Å². The monoisotopic (exact) mass is 211 g/mol. The summed E-state index contributed by atoms with van der Waals surface area (Å²) < 4.78 is 24.8. The molecule has 0 amide bonds. The summed E-state index contributed by atoms with van der Waals surface area (Å²) >= 11 is 0. The van der Waals surface area contributed by atoms with E-state index < -0.39 is 12.4 Å². The Hall–Kier alpha value is -1.96. The van der Waals surface area contributed by atoms with Crippen LogP contribution in [0.3, 0.4) is 0 Å². The molecule has 1 aromatic carbocycles. The Morgan fingerprint density at radius 2 is 2.13 bits per heavy atom. The van der Waals surface area contributed by atoms with Gasteiger partial charge in [0.15, 0.2) is 0 Å². The standard InChI is InChI=1S/C10H7F2NO2/c1-5-2-8(10(14)15)6(4-13)3-7(5)9(11)12/h2-3,9H,1H3,(H,14,15). The molecule has 0 atom stereocenters. The summed E-state index contributed by atoms with van der Waals surface area (Å²) in [6.07, 6.45) is -2.71. The molecule has 78 valence electrons. The lowest BCUT2D eigenvalue weighted by Crippen LogP contribution is -2.03. The van der Waals surface area contributed by atoms with Gasteiger partial charge < -0.3 is 5.11 Å². The Labute approximate surface area is 84.6 Å². The molecule has 0 aliphatic carbocycles. The van der Waals surface area contributed by atoms with Crippen molar-refractivity contribution in [1.29, 1.82) is 5.26 Å². The molecule has 0 saturated heterocycles. The largest absolute Gasteiger partial charge is 0.478 e. The predicted molar refractivity (Wildman–Crippen MR) is 47.8 cm³/mol. The second-order valence-corrected chi connectivity index (χ2v) is 2.97. The van der Waals surface area contributed by atoms with Crippen LogP contribution < -0.4 is 0 Å². The van der Waals surface area contributed by atoms with Gasteiger partial charge in [-0.05, 0) is 24.6 Å². The highest BCUT2D eigenvalue weighted by Gasteiger charge is 2.17. The smallest absolute Gasteiger partial charge is 0.337 e. The zero-order valence-corrected chi connectivity index (χ0v) is 7.79. The maximum absolute atomic E-state index is 12.4. The number of aromatic carboxylic acids is 1. The summed E-state index contributed by atoms with van der Waals surface area (Å²) in [5, 5.41) is 17.3. The Morgan fingerprint density at radius 3 is 2.53 bits per heavy atom. The van der Waals surface area contributed by atoms with E-state index >= 15 is 0 Å². The van der Waals surface area contributed by atoms with Gasteiger partial charge in [0.25, 0.3) is 6.43 Å². The van der Waals surface area contributed by atoms with Gasteiger partial charge in [0, 0.05) is 5.56 Å². The quantitative estimate of drug-likeness (QED) is 0.817. The number of alkyl halides is 2. The molecule has 0 fully saturated rings. The van der Waals surface area contributed by atoms with Crippen molar-refractivity contribution in [3.63, 3.8) is 0 Å². The van der Waals surface area contributed by atoms with E-state index in [9.17, 15) is 13.6 Å². The van der Waals surface area contributed by atoms with E-state index in [0.29, 0.717) is 0 Å². The lowest BCUT2D eigenvalue weighted by molar-refractivity contribution is 0.0696. The van der Waals surface area contributed by atoms with Gasteiger partial charge in [-0.2, -0.15) is 5.26 Å². The number of carboxylic acids is 1. The summed E-state index contributed by atoms with van der Waals surface area (Å²) in [7, 11) is 0. The molecule has 3 nitrogen and oxygen atoms in total. The predicted octanol–water partition coefficient (Wildman–Crippen LogP) is 2.50. The third kappa shape index (κ3) is 2.10. The summed E-state index contributed by atoms with van der Waals surface area (Å²) in [5.74, 6) is -1.30. The van der Waals surface area contributed by atoms with Gasteiger partial charge in [-0.25, -0.2) is 13.6 Å². The molecule has 0 bridgehead atoms. The molecule has 1 rings (SSSR count). The molecule has 1 N–H and O–H groups in total. The van der Waals surface area contributed by atoms with E-state index in [1.807, 2.05) is 0 Å². The van der Waals surface area contributed by atoms with Gasteiger partial charge >= 0.3 is 5.97 Å². The molecule has 0 spiro atoms. The van der Waals surface area contributed by atoms with Crippen LogP contribution in [0.15, 0.2) is 12.1 Å². The first-order valence-corrected chi connectivity index (χ1v) is 4.03. The Morgan fingerprint density at radius 1 is 1.53 bits per heavy atom. The maximum Gasteiger partial charge on any atom is 0.337 e. The molecule has 15 heavy (non-hydrogen) atoms. The van der Waals surface area contributed by atoms with Crippen LogP contribution in [0.5, 0.6) is 0 Å². The maximum atomic E-state index is 12.4. The van der Waals surface area contributed by atoms with Crippen molar-refractivity contribution >= 4 is 5.97 Å². The number of nitrogens with zero attached hydrogens (tertiary/aromatic N) is 1. The Balaban J connectivity index is 3.44. The van der Waals surface area contributed by atoms with E-state index in [0.717, 1.165) is 12.1 Å². The van der Waals surface area contributed by atoms with Crippen LogP contribution in [0.2, 0.25) is 0 Å². The van der Waals surface area contributed by atoms with Crippen molar-refractivity contribution < 1.29 is 18.7 Å². The molecule has 1 aromatic rings. The second kappa shape index (κ2) is 4.05. The van der Waals surface area contributed by atoms with Crippen LogP contribution in [0, 0.1) is 18.3 Å². The number of halogens is 2. The van der Waals surface area contributed by atoms with Gasteiger partial charge in [0.1, 0.15) is 6.07 Å². The molecule has 0 aliphatic rings. The Kier molecular flexibility index (Phi) is 3.00. The van der Waals surface area contributed by atoms with Crippen molar-refractivity contribution in [3.8, 4) is 6.07 Å². The van der Waals surface area contributed by atoms with E-state index in [4.69, 9.17) is 10.4 Å². The minimum atomic E-state index is -2.71. The van der Waals surface area contributed by atoms with Crippen LogP contribution in [-0.4, -0.2) is 11.1 Å². The van der Waals surface area contributed by atoms with Crippen LogP contribution in [-0.2, 0) is 0 Å². The van der Waals surface area contributed by atoms with Crippen molar-refractivity contribution in [2.75, 3.05) is 0 Å². The fourth-order valence-electron chi connectivity index (χ4n) is 1.23. The van der Waals surface area contributed by atoms with Gasteiger partial charge in [-0.1, -0.05) is 0 Å². The zero-order chi connectivity index (χ0) is 11.6. The number of rotatable bonds is 2. The van der Waals surface area contributed by atoms with Crippen molar-refractivity contribution in [2.45, 2.75) is 13.3 Å². The van der Waals surface area contributed by atoms with Gasteiger partial charge in [0.2, 0.25) is 0 Å². The highest BCUT2D eigenvalue weighted by molar-refractivity contribution is 5.91. The zero-order valence-electron chi connectivity index (χ0n) is 7.79. The van der Waals surface area contributed by atoms with Crippen LogP contribution in [0.25, 0.3) is 0 Å². The second-order valence-electron chi connectivity index (χ2n) is 2.97. The topological polar surface area (TPSA) is 61.1 Å². The first-order valence-electron chi connectivity index (χ1n) is 4.03. The average Bonchev–Trinajstić information content (AvgIpc) is 2.16. The van der Waals surface area contributed by atoms with E-state index in [1.54, 1.807) is 6.07 Å². The SMILES string of the molecule is Cc1cc(C(=O)O)c(C#N)cc1C(F)F. The first-order chi connectivity index (χ1) is 6.97. The highest BCUT2D eigenvalue weighted by atomic mass is 19.3. The number of hydrogen-bond acceptors (Lipinski definition) is 2. The molecular weight excluding hydrogens is 204 g/mol. The van der Waals surface area contributed by atoms with E-state index in [2.05, 4.69) is 0 Å². The highest BCUT2D eigenvalue weighted by Crippen LogP contribution is 2.25.